The zero-order valence-electron chi connectivity index (χ0n) is 17.1. The number of benzene rings is 1. The van der Waals surface area contributed by atoms with Gasteiger partial charge in [0.1, 0.15) is 0 Å². The van der Waals surface area contributed by atoms with Crippen molar-refractivity contribution in [1.29, 1.82) is 0 Å². The third kappa shape index (κ3) is 5.76. The van der Waals surface area contributed by atoms with Crippen LogP contribution in [0.25, 0.3) is 6.08 Å². The summed E-state index contributed by atoms with van der Waals surface area (Å²) in [5.74, 6) is -0.327. The number of hydrogen-bond donors (Lipinski definition) is 2. The van der Waals surface area contributed by atoms with E-state index in [1.165, 1.54) is 23.5 Å². The molecule has 7 nitrogen and oxygen atoms in total. The molecule has 0 spiro atoms. The molecular formula is C22H25N3O4S. The molecule has 2 amide bonds. The van der Waals surface area contributed by atoms with Crippen LogP contribution in [0.3, 0.4) is 0 Å². The number of nitrogens with one attached hydrogen (secondary N) is 2. The maximum absolute atomic E-state index is 12.9. The Morgan fingerprint density at radius 3 is 2.73 bits per heavy atom. The van der Waals surface area contributed by atoms with Crippen LogP contribution in [0.15, 0.2) is 29.7 Å². The predicted molar refractivity (Wildman–Crippen MR) is 118 cm³/mol. The molecule has 0 radical (unpaired) electrons. The number of esters is 1. The highest BCUT2D eigenvalue weighted by Gasteiger charge is 2.26. The molecule has 158 valence electrons. The van der Waals surface area contributed by atoms with E-state index in [9.17, 15) is 14.4 Å². The van der Waals surface area contributed by atoms with Gasteiger partial charge in [-0.25, -0.2) is 14.6 Å². The van der Waals surface area contributed by atoms with E-state index >= 15 is 0 Å². The standard InChI is InChI=1S/C22H25N3O4S/c1-3-29-19(26)11-9-16-13-30-22(23-16)25-21(28)24-18-10-8-14(2)12-17(18)20(27)15-6-4-5-7-15/h8-13,15H,3-7H2,1-2H3,(H2,23,24,25,28)/b11-9+. The van der Waals surface area contributed by atoms with E-state index in [-0.39, 0.29) is 11.7 Å². The number of thiazole rings is 1. The molecule has 2 N–H and O–H groups in total. The Labute approximate surface area is 179 Å². The lowest BCUT2D eigenvalue weighted by molar-refractivity contribution is -0.137. The van der Waals surface area contributed by atoms with Gasteiger partial charge in [0, 0.05) is 22.9 Å². The number of carbonyl (C=O) groups is 3. The van der Waals surface area contributed by atoms with Gasteiger partial charge >= 0.3 is 12.0 Å². The Kier molecular flexibility index (Phi) is 7.35. The number of ketones is 1. The summed E-state index contributed by atoms with van der Waals surface area (Å²) in [6, 6.07) is 4.97. The SMILES string of the molecule is CCOC(=O)/C=C/c1csc(NC(=O)Nc2ccc(C)cc2C(=O)C2CCCC2)n1. The fourth-order valence-electron chi connectivity index (χ4n) is 3.39. The van der Waals surface area contributed by atoms with Gasteiger partial charge in [0.05, 0.1) is 18.0 Å². The highest BCUT2D eigenvalue weighted by molar-refractivity contribution is 7.14. The monoisotopic (exact) mass is 427 g/mol. The predicted octanol–water partition coefficient (Wildman–Crippen LogP) is 5.04. The Morgan fingerprint density at radius 1 is 1.23 bits per heavy atom. The van der Waals surface area contributed by atoms with Crippen LogP contribution in [0.4, 0.5) is 15.6 Å². The van der Waals surface area contributed by atoms with Crippen LogP contribution >= 0.6 is 11.3 Å². The van der Waals surface area contributed by atoms with E-state index in [0.29, 0.717) is 28.7 Å². The summed E-state index contributed by atoms with van der Waals surface area (Å²) in [6.07, 6.45) is 6.76. The molecule has 1 aromatic carbocycles. The number of urea groups is 1. The summed E-state index contributed by atoms with van der Waals surface area (Å²) in [5.41, 5.74) is 2.55. The molecule has 0 saturated heterocycles. The molecular weight excluding hydrogens is 402 g/mol. The van der Waals surface area contributed by atoms with E-state index in [1.807, 2.05) is 19.1 Å². The number of rotatable bonds is 7. The number of amides is 2. The second-order valence-electron chi connectivity index (χ2n) is 7.14. The number of aryl methyl sites for hydroxylation is 1. The molecule has 1 aromatic heterocycles. The van der Waals surface area contributed by atoms with Gasteiger partial charge in [-0.15, -0.1) is 11.3 Å². The van der Waals surface area contributed by atoms with Crippen molar-refractivity contribution in [2.24, 2.45) is 5.92 Å². The second kappa shape index (κ2) is 10.2. The molecule has 0 aliphatic heterocycles. The van der Waals surface area contributed by atoms with Crippen molar-refractivity contribution in [3.05, 3.63) is 46.5 Å². The van der Waals surface area contributed by atoms with Crippen LogP contribution in [0.5, 0.6) is 0 Å². The van der Waals surface area contributed by atoms with Crippen LogP contribution in [0, 0.1) is 12.8 Å². The van der Waals surface area contributed by atoms with Crippen LogP contribution in [0.2, 0.25) is 0 Å². The minimum Gasteiger partial charge on any atom is -0.463 e. The first-order chi connectivity index (χ1) is 14.5. The van der Waals surface area contributed by atoms with Crippen LogP contribution in [-0.2, 0) is 9.53 Å². The minimum atomic E-state index is -0.477. The molecule has 0 atom stereocenters. The number of nitrogens with zero attached hydrogens (tertiary/aromatic N) is 1. The lowest BCUT2D eigenvalue weighted by atomic mass is 9.94. The summed E-state index contributed by atoms with van der Waals surface area (Å²) in [7, 11) is 0. The van der Waals surface area contributed by atoms with Crippen molar-refractivity contribution >= 4 is 46.0 Å². The number of aromatic nitrogens is 1. The molecule has 1 fully saturated rings. The van der Waals surface area contributed by atoms with E-state index in [4.69, 9.17) is 4.74 Å². The lowest BCUT2D eigenvalue weighted by Gasteiger charge is -2.14. The molecule has 3 rings (SSSR count). The number of anilines is 2. The van der Waals surface area contributed by atoms with Crippen molar-refractivity contribution in [3.8, 4) is 0 Å². The number of Topliss-reactive ketones (excluding diaryl/α,β-unsaturated/α-hetero) is 1. The van der Waals surface area contributed by atoms with Crippen LogP contribution < -0.4 is 10.6 Å². The summed E-state index contributed by atoms with van der Waals surface area (Å²) in [5, 5.41) is 7.54. The molecule has 2 aromatic rings. The molecule has 1 heterocycles. The quantitative estimate of drug-likeness (QED) is 0.366. The van der Waals surface area contributed by atoms with E-state index in [1.54, 1.807) is 18.4 Å². The van der Waals surface area contributed by atoms with Gasteiger partial charge < -0.3 is 10.1 Å². The van der Waals surface area contributed by atoms with Crippen LogP contribution in [-0.4, -0.2) is 29.4 Å². The largest absolute Gasteiger partial charge is 0.463 e. The third-order valence-corrected chi connectivity index (χ3v) is 5.61. The van der Waals surface area contributed by atoms with E-state index in [0.717, 1.165) is 31.2 Å². The smallest absolute Gasteiger partial charge is 0.330 e. The van der Waals surface area contributed by atoms with Crippen molar-refractivity contribution < 1.29 is 19.1 Å². The summed E-state index contributed by atoms with van der Waals surface area (Å²) < 4.78 is 4.82. The first-order valence-electron chi connectivity index (χ1n) is 9.99. The molecule has 1 aliphatic carbocycles. The van der Waals surface area contributed by atoms with E-state index < -0.39 is 12.0 Å². The van der Waals surface area contributed by atoms with Crippen molar-refractivity contribution in [2.75, 3.05) is 17.2 Å². The maximum atomic E-state index is 12.9. The lowest BCUT2D eigenvalue weighted by Crippen LogP contribution is -2.22. The average molecular weight is 428 g/mol. The maximum Gasteiger partial charge on any atom is 0.330 e. The first kappa shape index (κ1) is 21.7. The number of hydrogen-bond acceptors (Lipinski definition) is 6. The third-order valence-electron chi connectivity index (χ3n) is 4.83. The summed E-state index contributed by atoms with van der Waals surface area (Å²) in [4.78, 5) is 41.0. The molecule has 30 heavy (non-hydrogen) atoms. The van der Waals surface area contributed by atoms with Crippen LogP contribution in [0.1, 0.15) is 54.2 Å². The van der Waals surface area contributed by atoms with Gasteiger partial charge in [-0.2, -0.15) is 0 Å². The second-order valence-corrected chi connectivity index (χ2v) is 7.99. The van der Waals surface area contributed by atoms with Gasteiger partial charge in [0.2, 0.25) is 0 Å². The Hall–Kier alpha value is -3.00. The van der Waals surface area contributed by atoms with Crippen molar-refractivity contribution in [2.45, 2.75) is 39.5 Å². The Morgan fingerprint density at radius 2 is 2.00 bits per heavy atom. The van der Waals surface area contributed by atoms with Gasteiger partial charge in [0.15, 0.2) is 10.9 Å². The highest BCUT2D eigenvalue weighted by Crippen LogP contribution is 2.31. The fourth-order valence-corrected chi connectivity index (χ4v) is 4.07. The zero-order valence-corrected chi connectivity index (χ0v) is 17.9. The molecule has 1 aliphatic rings. The zero-order chi connectivity index (χ0) is 21.5. The Balaban J connectivity index is 1.65. The fraction of sp³-hybridized carbons (Fsp3) is 0.364. The number of ether oxygens (including phenoxy) is 1. The van der Waals surface area contributed by atoms with Crippen molar-refractivity contribution in [1.82, 2.24) is 4.98 Å². The molecule has 0 unspecified atom stereocenters. The van der Waals surface area contributed by atoms with Crippen molar-refractivity contribution in [3.63, 3.8) is 0 Å². The highest BCUT2D eigenvalue weighted by atomic mass is 32.1. The van der Waals surface area contributed by atoms with Gasteiger partial charge in [-0.1, -0.05) is 24.5 Å². The average Bonchev–Trinajstić information content (AvgIpc) is 3.39. The number of carbonyl (C=O) groups excluding carboxylic acids is 3. The first-order valence-corrected chi connectivity index (χ1v) is 10.9. The van der Waals surface area contributed by atoms with Gasteiger partial charge in [-0.05, 0) is 44.9 Å². The molecule has 8 heteroatoms. The van der Waals surface area contributed by atoms with Gasteiger partial charge in [0.25, 0.3) is 0 Å². The minimum absolute atomic E-state index is 0.0307. The summed E-state index contributed by atoms with van der Waals surface area (Å²) in [6.45, 7) is 3.96. The molecule has 1 saturated carbocycles. The van der Waals surface area contributed by atoms with Gasteiger partial charge in [-0.3, -0.25) is 10.1 Å². The molecule has 0 bridgehead atoms. The normalized spacial score (nSPS) is 14.1. The van der Waals surface area contributed by atoms with E-state index in [2.05, 4.69) is 15.6 Å². The Bertz CT molecular complexity index is 961. The summed E-state index contributed by atoms with van der Waals surface area (Å²) >= 11 is 1.23. The topological polar surface area (TPSA) is 97.4 Å².